The summed E-state index contributed by atoms with van der Waals surface area (Å²) in [7, 11) is 1.87. The summed E-state index contributed by atoms with van der Waals surface area (Å²) in [6.07, 6.45) is 4.44. The lowest BCUT2D eigenvalue weighted by molar-refractivity contribution is 0.144. The van der Waals surface area contributed by atoms with Gasteiger partial charge in [0.15, 0.2) is 11.2 Å². The minimum Gasteiger partial charge on any atom is -0.507 e. The molecule has 150 valence electrons. The van der Waals surface area contributed by atoms with Crippen molar-refractivity contribution in [2.24, 2.45) is 11.8 Å². The summed E-state index contributed by atoms with van der Waals surface area (Å²) in [5.41, 5.74) is 1.02. The highest BCUT2D eigenvalue weighted by atomic mass is 19.1. The van der Waals surface area contributed by atoms with Gasteiger partial charge in [0.2, 0.25) is 0 Å². The minimum absolute atomic E-state index is 0.0703. The van der Waals surface area contributed by atoms with Crippen molar-refractivity contribution in [1.29, 1.82) is 0 Å². The van der Waals surface area contributed by atoms with Crippen molar-refractivity contribution in [3.63, 3.8) is 0 Å². The molecule has 0 spiro atoms. The van der Waals surface area contributed by atoms with Crippen molar-refractivity contribution in [3.8, 4) is 17.0 Å². The molecule has 2 heterocycles. The Kier molecular flexibility index (Phi) is 4.26. The second kappa shape index (κ2) is 6.83. The average molecular weight is 395 g/mol. The van der Waals surface area contributed by atoms with Gasteiger partial charge in [-0.2, -0.15) is 0 Å². The predicted octanol–water partition coefficient (Wildman–Crippen LogP) is 3.92. The minimum atomic E-state index is -0.840. The lowest BCUT2D eigenvalue weighted by Crippen LogP contribution is -2.46. The Morgan fingerprint density at radius 2 is 2.03 bits per heavy atom. The van der Waals surface area contributed by atoms with Crippen LogP contribution in [0.1, 0.15) is 25.7 Å². The molecule has 0 radical (unpaired) electrons. The molecule has 3 aromatic rings. The van der Waals surface area contributed by atoms with Crippen molar-refractivity contribution >= 4 is 16.8 Å². The molecule has 2 aliphatic rings. The number of anilines is 1. The van der Waals surface area contributed by atoms with Gasteiger partial charge >= 0.3 is 0 Å². The fraction of sp³-hybridized carbons (Fsp3) is 0.409. The molecule has 2 fully saturated rings. The highest BCUT2D eigenvalue weighted by Crippen LogP contribution is 2.45. The van der Waals surface area contributed by atoms with E-state index >= 15 is 0 Å². The number of aromatic hydroxyl groups is 1. The van der Waals surface area contributed by atoms with Crippen molar-refractivity contribution in [1.82, 2.24) is 10.2 Å². The highest BCUT2D eigenvalue weighted by molar-refractivity contribution is 5.85. The molecule has 2 aromatic heterocycles. The third-order valence-corrected chi connectivity index (χ3v) is 6.54. The van der Waals surface area contributed by atoms with Crippen molar-refractivity contribution in [3.05, 3.63) is 46.8 Å². The Morgan fingerprint density at radius 1 is 1.17 bits per heavy atom. The van der Waals surface area contributed by atoms with Gasteiger partial charge in [-0.15, -0.1) is 10.2 Å². The van der Waals surface area contributed by atoms with Crippen LogP contribution in [0.3, 0.4) is 0 Å². The van der Waals surface area contributed by atoms with E-state index in [1.807, 2.05) is 11.9 Å². The fourth-order valence-electron chi connectivity index (χ4n) is 4.92. The summed E-state index contributed by atoms with van der Waals surface area (Å²) in [6.45, 7) is 0. The molecule has 0 aliphatic heterocycles. The van der Waals surface area contributed by atoms with Crippen molar-refractivity contribution in [2.75, 3.05) is 11.9 Å². The van der Waals surface area contributed by atoms with Gasteiger partial charge in [0.1, 0.15) is 17.5 Å². The number of phenols is 1. The summed E-state index contributed by atoms with van der Waals surface area (Å²) in [6, 6.07) is 7.62. The number of hydrogen-bond donors (Lipinski definition) is 1. The Hall–Kier alpha value is -2.96. The number of phenolic OH excluding ortho intramolecular Hbond substituents is 1. The SMILES string of the molecule is CN(c1ccc(-c2cc3occc(=O)c3cc2O)nn1)[C@H]1C[C@@H]2CC[C@@H](C2)[C@H]1F. The molecule has 2 saturated carbocycles. The Labute approximate surface area is 167 Å². The van der Waals surface area contributed by atoms with Gasteiger partial charge in [-0.3, -0.25) is 4.79 Å². The van der Waals surface area contributed by atoms with Gasteiger partial charge in [-0.25, -0.2) is 4.39 Å². The van der Waals surface area contributed by atoms with Crippen molar-refractivity contribution < 1.29 is 13.9 Å². The maximum absolute atomic E-state index is 14.9. The summed E-state index contributed by atoms with van der Waals surface area (Å²) in [5.74, 6) is 1.31. The van der Waals surface area contributed by atoms with Gasteiger partial charge in [0.05, 0.1) is 23.4 Å². The molecule has 0 saturated heterocycles. The average Bonchev–Trinajstić information content (AvgIpc) is 3.14. The van der Waals surface area contributed by atoms with Crippen LogP contribution in [0.5, 0.6) is 5.75 Å². The standard InChI is InChI=1S/C22H22FN3O3/c1-26(17-9-12-2-3-13(8-12)22(17)23)21-5-4-16(24-25-21)14-11-20-15(10-19(14)28)18(27)6-7-29-20/h4-7,10-13,17,22,28H,2-3,8-9H2,1H3/t12-,13+,17+,22-/m1/s1. The molecular formula is C22H22FN3O3. The second-order valence-electron chi connectivity index (χ2n) is 8.22. The third kappa shape index (κ3) is 3.05. The summed E-state index contributed by atoms with van der Waals surface area (Å²) in [4.78, 5) is 13.8. The van der Waals surface area contributed by atoms with Crippen LogP contribution in [0.2, 0.25) is 0 Å². The van der Waals surface area contributed by atoms with E-state index in [0.29, 0.717) is 34.0 Å². The van der Waals surface area contributed by atoms with Gasteiger partial charge < -0.3 is 14.4 Å². The molecule has 5 rings (SSSR count). The number of hydrogen-bond acceptors (Lipinski definition) is 6. The molecule has 2 bridgehead atoms. The highest BCUT2D eigenvalue weighted by Gasteiger charge is 2.44. The van der Waals surface area contributed by atoms with Crippen LogP contribution in [0.4, 0.5) is 10.2 Å². The largest absolute Gasteiger partial charge is 0.507 e. The molecule has 0 amide bonds. The molecule has 0 unspecified atom stereocenters. The number of halogens is 1. The van der Waals surface area contributed by atoms with E-state index in [0.717, 1.165) is 25.7 Å². The van der Waals surface area contributed by atoms with Crippen LogP contribution in [-0.2, 0) is 0 Å². The van der Waals surface area contributed by atoms with E-state index < -0.39 is 6.17 Å². The first-order valence-electron chi connectivity index (χ1n) is 9.97. The van der Waals surface area contributed by atoms with Gasteiger partial charge in [-0.1, -0.05) is 0 Å². The summed E-state index contributed by atoms with van der Waals surface area (Å²) >= 11 is 0. The zero-order chi connectivity index (χ0) is 20.1. The molecule has 29 heavy (non-hydrogen) atoms. The van der Waals surface area contributed by atoms with E-state index in [2.05, 4.69) is 10.2 Å². The Balaban J connectivity index is 1.44. The molecule has 4 atom stereocenters. The lowest BCUT2D eigenvalue weighted by Gasteiger charge is -2.38. The topological polar surface area (TPSA) is 79.5 Å². The summed E-state index contributed by atoms with van der Waals surface area (Å²) < 4.78 is 20.3. The number of alkyl halides is 1. The monoisotopic (exact) mass is 395 g/mol. The van der Waals surface area contributed by atoms with Crippen LogP contribution >= 0.6 is 0 Å². The molecule has 7 heteroatoms. The van der Waals surface area contributed by atoms with Crippen molar-refractivity contribution in [2.45, 2.75) is 37.9 Å². The number of benzene rings is 1. The maximum atomic E-state index is 14.9. The van der Waals surface area contributed by atoms with E-state index in [9.17, 15) is 14.3 Å². The molecule has 2 aliphatic carbocycles. The van der Waals surface area contributed by atoms with Gasteiger partial charge in [0.25, 0.3) is 0 Å². The van der Waals surface area contributed by atoms with E-state index in [1.54, 1.807) is 18.2 Å². The first-order valence-corrected chi connectivity index (χ1v) is 9.97. The molecular weight excluding hydrogens is 373 g/mol. The van der Waals surface area contributed by atoms with Crippen LogP contribution in [0, 0.1) is 11.8 Å². The Morgan fingerprint density at radius 3 is 2.83 bits per heavy atom. The maximum Gasteiger partial charge on any atom is 0.192 e. The molecule has 1 aromatic carbocycles. The fourth-order valence-corrected chi connectivity index (χ4v) is 4.92. The van der Waals surface area contributed by atoms with Gasteiger partial charge in [0, 0.05) is 18.7 Å². The predicted molar refractivity (Wildman–Crippen MR) is 108 cm³/mol. The zero-order valence-corrected chi connectivity index (χ0v) is 16.1. The van der Waals surface area contributed by atoms with E-state index in [4.69, 9.17) is 4.42 Å². The number of nitrogens with zero attached hydrogens (tertiary/aromatic N) is 3. The smallest absolute Gasteiger partial charge is 0.192 e. The lowest BCUT2D eigenvalue weighted by atomic mass is 9.83. The first kappa shape index (κ1) is 18.1. The number of rotatable bonds is 3. The number of aromatic nitrogens is 2. The second-order valence-corrected chi connectivity index (χ2v) is 8.22. The van der Waals surface area contributed by atoms with Crippen LogP contribution in [0.25, 0.3) is 22.2 Å². The first-order chi connectivity index (χ1) is 14.0. The summed E-state index contributed by atoms with van der Waals surface area (Å²) in [5, 5.41) is 19.2. The third-order valence-electron chi connectivity index (χ3n) is 6.54. The molecule has 1 N–H and O–H groups in total. The van der Waals surface area contributed by atoms with Crippen LogP contribution in [0.15, 0.2) is 45.8 Å². The van der Waals surface area contributed by atoms with Crippen LogP contribution in [-0.4, -0.2) is 34.6 Å². The quantitative estimate of drug-likeness (QED) is 0.724. The normalized spacial score (nSPS) is 26.0. The zero-order valence-electron chi connectivity index (χ0n) is 16.1. The van der Waals surface area contributed by atoms with E-state index in [-0.39, 0.29) is 23.1 Å². The van der Waals surface area contributed by atoms with Gasteiger partial charge in [-0.05, 0) is 61.8 Å². The van der Waals surface area contributed by atoms with E-state index in [1.165, 1.54) is 18.4 Å². The number of fused-ring (bicyclic) bond motifs is 3. The Bertz CT molecular complexity index is 1110. The molecule has 6 nitrogen and oxygen atoms in total. The van der Waals surface area contributed by atoms with Crippen LogP contribution < -0.4 is 10.3 Å².